The van der Waals surface area contributed by atoms with Crippen LogP contribution in [0.15, 0.2) is 54.6 Å². The van der Waals surface area contributed by atoms with Gasteiger partial charge in [-0.15, -0.1) is 0 Å². The van der Waals surface area contributed by atoms with Crippen molar-refractivity contribution in [3.63, 3.8) is 0 Å². The molecule has 3 rings (SSSR count). The van der Waals surface area contributed by atoms with E-state index in [1.807, 2.05) is 0 Å². The molecule has 0 bridgehead atoms. The van der Waals surface area contributed by atoms with Crippen molar-refractivity contribution in [2.45, 2.75) is 51.7 Å². The van der Waals surface area contributed by atoms with Crippen LogP contribution < -0.4 is 0 Å². The minimum absolute atomic E-state index is 0.139. The van der Waals surface area contributed by atoms with E-state index in [0.717, 1.165) is 64.3 Å². The third kappa shape index (κ3) is 7.73. The molecule has 2 aromatic rings. The van der Waals surface area contributed by atoms with Gasteiger partial charge in [0.15, 0.2) is 0 Å². The number of aryl methyl sites for hydroxylation is 1. The highest BCUT2D eigenvalue weighted by Crippen LogP contribution is 2.21. The van der Waals surface area contributed by atoms with Gasteiger partial charge in [-0.25, -0.2) is 0 Å². The molecule has 1 saturated heterocycles. The Hall–Kier alpha value is -1.72. The van der Waals surface area contributed by atoms with Crippen LogP contribution in [0.5, 0.6) is 0 Å². The molecule has 0 aliphatic carbocycles. The van der Waals surface area contributed by atoms with Crippen molar-refractivity contribution in [3.05, 3.63) is 71.3 Å². The number of nitrogens with zero attached hydrogens (tertiary/aromatic N) is 2. The Kier molecular flexibility index (Phi) is 10.0. The van der Waals surface area contributed by atoms with Crippen LogP contribution in [0.2, 0.25) is 0 Å². The van der Waals surface area contributed by atoms with Crippen LogP contribution in [-0.2, 0) is 11.2 Å². The maximum Gasteiger partial charge on any atom is 0.0951 e. The lowest BCUT2D eigenvalue weighted by Gasteiger charge is -2.36. The van der Waals surface area contributed by atoms with Crippen molar-refractivity contribution in [3.8, 4) is 0 Å². The summed E-state index contributed by atoms with van der Waals surface area (Å²) < 4.78 is 6.03. The molecule has 1 aliphatic heterocycles. The fourth-order valence-corrected chi connectivity index (χ4v) is 4.31. The van der Waals surface area contributed by atoms with Crippen LogP contribution in [-0.4, -0.2) is 60.8 Å². The fraction of sp³-hybridized carbons (Fsp3) is 0.556. The Labute approximate surface area is 188 Å². The van der Waals surface area contributed by atoms with Crippen LogP contribution in [0.3, 0.4) is 0 Å². The molecule has 170 valence electrons. The Morgan fingerprint density at radius 1 is 0.871 bits per heavy atom. The minimum atomic E-state index is -0.376. The average Bonchev–Trinajstić information content (AvgIpc) is 2.82. The lowest BCUT2D eigenvalue weighted by atomic mass is 10.0. The molecule has 1 heterocycles. The third-order valence-corrected chi connectivity index (χ3v) is 6.33. The molecule has 0 amide bonds. The molecule has 1 fully saturated rings. The van der Waals surface area contributed by atoms with Gasteiger partial charge in [0.25, 0.3) is 0 Å². The van der Waals surface area contributed by atoms with E-state index < -0.39 is 0 Å². The molecule has 4 heteroatoms. The summed E-state index contributed by atoms with van der Waals surface area (Å²) in [5, 5.41) is 10.6. The molecule has 31 heavy (non-hydrogen) atoms. The van der Waals surface area contributed by atoms with Crippen LogP contribution in [0.4, 0.5) is 0 Å². The third-order valence-electron chi connectivity index (χ3n) is 6.33. The first kappa shape index (κ1) is 23.9. The molecule has 2 atom stereocenters. The van der Waals surface area contributed by atoms with Gasteiger partial charge in [0, 0.05) is 45.9 Å². The predicted molar refractivity (Wildman–Crippen MR) is 128 cm³/mol. The van der Waals surface area contributed by atoms with E-state index in [9.17, 15) is 5.11 Å². The summed E-state index contributed by atoms with van der Waals surface area (Å²) in [6.07, 6.45) is 4.13. The SMILES string of the molecule is CCCCc1ccc(C(O)CCN2CCN(CC(OCC)c3ccccc3)CC2)cc1. The molecule has 2 aromatic carbocycles. The zero-order valence-electron chi connectivity index (χ0n) is 19.4. The molecular formula is C27H40N2O2. The predicted octanol–water partition coefficient (Wildman–Crippen LogP) is 4.85. The zero-order chi connectivity index (χ0) is 21.9. The summed E-state index contributed by atoms with van der Waals surface area (Å²) in [5.41, 5.74) is 3.67. The smallest absolute Gasteiger partial charge is 0.0951 e. The molecule has 0 saturated carbocycles. The topological polar surface area (TPSA) is 35.9 Å². The summed E-state index contributed by atoms with van der Waals surface area (Å²) in [6.45, 7) is 11.1. The van der Waals surface area contributed by atoms with Crippen molar-refractivity contribution >= 4 is 0 Å². The Morgan fingerprint density at radius 3 is 2.19 bits per heavy atom. The van der Waals surface area contributed by atoms with Crippen LogP contribution in [0.25, 0.3) is 0 Å². The Morgan fingerprint density at radius 2 is 1.55 bits per heavy atom. The van der Waals surface area contributed by atoms with Gasteiger partial charge in [-0.1, -0.05) is 67.9 Å². The number of hydrogen-bond acceptors (Lipinski definition) is 4. The molecule has 2 unspecified atom stereocenters. The van der Waals surface area contributed by atoms with Crippen molar-refractivity contribution in [1.82, 2.24) is 9.80 Å². The highest BCUT2D eigenvalue weighted by atomic mass is 16.5. The summed E-state index contributed by atoms with van der Waals surface area (Å²) >= 11 is 0. The van der Waals surface area contributed by atoms with E-state index in [1.165, 1.54) is 24.0 Å². The van der Waals surface area contributed by atoms with Crippen LogP contribution >= 0.6 is 0 Å². The number of unbranched alkanes of at least 4 members (excludes halogenated alkanes) is 1. The number of benzene rings is 2. The number of aliphatic hydroxyl groups is 1. The monoisotopic (exact) mass is 424 g/mol. The molecular weight excluding hydrogens is 384 g/mol. The van der Waals surface area contributed by atoms with E-state index in [4.69, 9.17) is 4.74 Å². The highest BCUT2D eigenvalue weighted by molar-refractivity contribution is 5.24. The van der Waals surface area contributed by atoms with Crippen LogP contribution in [0, 0.1) is 0 Å². The quantitative estimate of drug-likeness (QED) is 0.528. The number of rotatable bonds is 12. The molecule has 1 aliphatic rings. The summed E-state index contributed by atoms with van der Waals surface area (Å²) in [4.78, 5) is 4.99. The van der Waals surface area contributed by atoms with E-state index in [2.05, 4.69) is 78.2 Å². The van der Waals surface area contributed by atoms with Gasteiger partial charge in [-0.2, -0.15) is 0 Å². The first-order valence-electron chi connectivity index (χ1n) is 12.1. The second-order valence-electron chi connectivity index (χ2n) is 8.65. The second kappa shape index (κ2) is 13.0. The van der Waals surface area contributed by atoms with Gasteiger partial charge in [0.2, 0.25) is 0 Å². The fourth-order valence-electron chi connectivity index (χ4n) is 4.31. The van der Waals surface area contributed by atoms with Gasteiger partial charge in [-0.05, 0) is 42.9 Å². The Balaban J connectivity index is 1.40. The first-order chi connectivity index (χ1) is 15.2. The maximum atomic E-state index is 10.6. The first-order valence-corrected chi connectivity index (χ1v) is 12.1. The van der Waals surface area contributed by atoms with E-state index in [1.54, 1.807) is 0 Å². The molecule has 4 nitrogen and oxygen atoms in total. The van der Waals surface area contributed by atoms with Crippen molar-refractivity contribution < 1.29 is 9.84 Å². The Bertz CT molecular complexity index is 727. The lowest BCUT2D eigenvalue weighted by Crippen LogP contribution is -2.48. The largest absolute Gasteiger partial charge is 0.388 e. The molecule has 0 radical (unpaired) electrons. The molecule has 0 spiro atoms. The van der Waals surface area contributed by atoms with Gasteiger partial charge in [0.05, 0.1) is 12.2 Å². The summed E-state index contributed by atoms with van der Waals surface area (Å²) in [6, 6.07) is 19.1. The average molecular weight is 425 g/mol. The highest BCUT2D eigenvalue weighted by Gasteiger charge is 2.22. The minimum Gasteiger partial charge on any atom is -0.388 e. The van der Waals surface area contributed by atoms with Gasteiger partial charge in [0.1, 0.15) is 0 Å². The van der Waals surface area contributed by atoms with Crippen molar-refractivity contribution in [2.75, 3.05) is 45.9 Å². The van der Waals surface area contributed by atoms with E-state index >= 15 is 0 Å². The van der Waals surface area contributed by atoms with Crippen molar-refractivity contribution in [1.29, 1.82) is 0 Å². The van der Waals surface area contributed by atoms with Crippen molar-refractivity contribution in [2.24, 2.45) is 0 Å². The molecule has 0 aromatic heterocycles. The van der Waals surface area contributed by atoms with Gasteiger partial charge >= 0.3 is 0 Å². The normalized spacial score (nSPS) is 17.5. The number of hydrogen-bond donors (Lipinski definition) is 1. The number of ether oxygens (including phenoxy) is 1. The maximum absolute atomic E-state index is 10.6. The van der Waals surface area contributed by atoms with Gasteiger partial charge < -0.3 is 14.7 Å². The summed E-state index contributed by atoms with van der Waals surface area (Å²) in [5.74, 6) is 0. The molecule has 1 N–H and O–H groups in total. The standard InChI is InChI=1S/C27H40N2O2/c1-3-5-9-23-12-14-24(15-13-23)26(30)16-17-28-18-20-29(21-19-28)22-27(31-4-2)25-10-7-6-8-11-25/h6-8,10-15,26-27,30H,3-5,9,16-22H2,1-2H3. The number of aliphatic hydroxyl groups excluding tert-OH is 1. The second-order valence-corrected chi connectivity index (χ2v) is 8.65. The lowest BCUT2D eigenvalue weighted by molar-refractivity contribution is 0.0167. The zero-order valence-corrected chi connectivity index (χ0v) is 19.4. The van der Waals surface area contributed by atoms with Crippen LogP contribution in [0.1, 0.15) is 62.0 Å². The van der Waals surface area contributed by atoms with Gasteiger partial charge in [-0.3, -0.25) is 4.90 Å². The number of piperazine rings is 1. The summed E-state index contributed by atoms with van der Waals surface area (Å²) in [7, 11) is 0. The van der Waals surface area contributed by atoms with E-state index in [-0.39, 0.29) is 12.2 Å². The van der Waals surface area contributed by atoms with E-state index in [0.29, 0.717) is 0 Å².